The predicted molar refractivity (Wildman–Crippen MR) is 132 cm³/mol. The molecule has 2 heterocycles. The van der Waals surface area contributed by atoms with Gasteiger partial charge in [-0.15, -0.1) is 0 Å². The number of carboxylic acids is 1. The molecule has 8 nitrogen and oxygen atoms in total. The van der Waals surface area contributed by atoms with Crippen molar-refractivity contribution in [3.63, 3.8) is 0 Å². The van der Waals surface area contributed by atoms with E-state index in [0.29, 0.717) is 17.9 Å². The Kier molecular flexibility index (Phi) is 8.09. The maximum absolute atomic E-state index is 13.0. The first-order valence-electron chi connectivity index (χ1n) is 11.4. The molecule has 0 radical (unpaired) electrons. The quantitative estimate of drug-likeness (QED) is 0.310. The molecule has 0 aliphatic carbocycles. The second-order valence-electron chi connectivity index (χ2n) is 8.59. The van der Waals surface area contributed by atoms with E-state index >= 15 is 0 Å². The lowest BCUT2D eigenvalue weighted by Crippen LogP contribution is -2.48. The van der Waals surface area contributed by atoms with Crippen LogP contribution in [-0.4, -0.2) is 45.3 Å². The number of pyridine rings is 1. The van der Waals surface area contributed by atoms with Crippen LogP contribution in [0.3, 0.4) is 0 Å². The molecule has 5 N–H and O–H groups in total. The number of aromatic nitrogens is 1. The van der Waals surface area contributed by atoms with Gasteiger partial charge >= 0.3 is 5.97 Å². The zero-order chi connectivity index (χ0) is 24.8. The van der Waals surface area contributed by atoms with Crippen molar-refractivity contribution in [1.29, 1.82) is 0 Å². The summed E-state index contributed by atoms with van der Waals surface area (Å²) in [7, 11) is 0. The van der Waals surface area contributed by atoms with Crippen LogP contribution in [0.25, 0.3) is 11.1 Å². The van der Waals surface area contributed by atoms with Gasteiger partial charge in [0.25, 0.3) is 0 Å². The highest BCUT2D eigenvalue weighted by Gasteiger charge is 2.32. The first-order valence-corrected chi connectivity index (χ1v) is 11.7. The summed E-state index contributed by atoms with van der Waals surface area (Å²) >= 11 is 6.09. The van der Waals surface area contributed by atoms with Crippen LogP contribution in [0.15, 0.2) is 72.9 Å². The third kappa shape index (κ3) is 6.64. The number of nitrogens with one attached hydrogen (secondary N) is 3. The van der Waals surface area contributed by atoms with E-state index in [1.54, 1.807) is 6.20 Å². The topological polar surface area (TPSA) is 124 Å². The molecule has 35 heavy (non-hydrogen) atoms. The molecule has 4 rings (SSSR count). The van der Waals surface area contributed by atoms with Gasteiger partial charge in [-0.05, 0) is 53.8 Å². The molecule has 9 heteroatoms. The van der Waals surface area contributed by atoms with E-state index in [9.17, 15) is 19.8 Å². The lowest BCUT2D eigenvalue weighted by molar-refractivity contribution is -0.147. The van der Waals surface area contributed by atoms with Crippen LogP contribution in [0.1, 0.15) is 30.1 Å². The molecular weight excluding hydrogens is 468 g/mol. The molecule has 1 aromatic heterocycles. The van der Waals surface area contributed by atoms with E-state index in [0.717, 1.165) is 22.4 Å². The van der Waals surface area contributed by atoms with Crippen molar-refractivity contribution < 1.29 is 19.8 Å². The fourth-order valence-electron chi connectivity index (χ4n) is 4.16. The third-order valence-corrected chi connectivity index (χ3v) is 6.23. The fourth-order valence-corrected chi connectivity index (χ4v) is 4.35. The molecule has 2 aromatic carbocycles. The minimum Gasteiger partial charge on any atom is -0.479 e. The van der Waals surface area contributed by atoms with Gasteiger partial charge in [0.05, 0.1) is 11.7 Å². The van der Waals surface area contributed by atoms with E-state index in [4.69, 9.17) is 11.6 Å². The highest BCUT2D eigenvalue weighted by molar-refractivity contribution is 6.30. The van der Waals surface area contributed by atoms with E-state index in [1.165, 1.54) is 0 Å². The molecule has 1 fully saturated rings. The Balaban J connectivity index is 1.42. The monoisotopic (exact) mass is 494 g/mol. The SMILES string of the molecule is O=C(N[C@H](Cc1ccc(-c2cccc(Cl)c2)cc1)C[C@@H](O)C(=O)O)C1CC(c2ccccn2)NN1. The Bertz CT molecular complexity index is 1160. The van der Waals surface area contributed by atoms with Gasteiger partial charge in [0.1, 0.15) is 6.04 Å². The van der Waals surface area contributed by atoms with E-state index in [2.05, 4.69) is 21.2 Å². The average molecular weight is 495 g/mol. The smallest absolute Gasteiger partial charge is 0.332 e. The lowest BCUT2D eigenvalue weighted by atomic mass is 9.97. The molecule has 1 aliphatic heterocycles. The molecule has 2 unspecified atom stereocenters. The highest BCUT2D eigenvalue weighted by Crippen LogP contribution is 2.24. The predicted octanol–water partition coefficient (Wildman–Crippen LogP) is 2.87. The van der Waals surface area contributed by atoms with Crippen LogP contribution in [0.5, 0.6) is 0 Å². The zero-order valence-electron chi connectivity index (χ0n) is 18.9. The summed E-state index contributed by atoms with van der Waals surface area (Å²) in [6.45, 7) is 0. The van der Waals surface area contributed by atoms with Crippen LogP contribution in [0.2, 0.25) is 5.02 Å². The van der Waals surface area contributed by atoms with E-state index in [-0.39, 0.29) is 18.4 Å². The van der Waals surface area contributed by atoms with Crippen molar-refractivity contribution in [2.75, 3.05) is 0 Å². The average Bonchev–Trinajstić information content (AvgIpc) is 3.35. The number of aliphatic hydroxyl groups excluding tert-OH is 1. The zero-order valence-corrected chi connectivity index (χ0v) is 19.7. The standard InChI is InChI=1S/C26H27ClN4O4/c27-19-5-3-4-18(13-19)17-9-7-16(8-10-17)12-20(14-24(32)26(34)35)29-25(33)23-15-22(30-31-23)21-6-1-2-11-28-21/h1-11,13,20,22-24,30-32H,12,14-15H2,(H,29,33)(H,34,35)/t20-,22?,23?,24-/m1/s1. The van der Waals surface area contributed by atoms with Crippen molar-refractivity contribution in [2.24, 2.45) is 0 Å². The number of rotatable bonds is 9. The molecule has 1 amide bonds. The Labute approximate surface area is 208 Å². The number of carboxylic acid groups (broad SMARTS) is 1. The van der Waals surface area contributed by atoms with Crippen LogP contribution in [0.4, 0.5) is 0 Å². The number of aliphatic hydroxyl groups is 1. The van der Waals surface area contributed by atoms with Crippen LogP contribution in [0, 0.1) is 0 Å². The number of hydrazine groups is 1. The summed E-state index contributed by atoms with van der Waals surface area (Å²) in [5.41, 5.74) is 9.78. The first kappa shape index (κ1) is 24.8. The number of hydrogen-bond acceptors (Lipinski definition) is 6. The number of carbonyl (C=O) groups excluding carboxylic acids is 1. The molecule has 3 aromatic rings. The number of benzene rings is 2. The molecule has 1 aliphatic rings. The number of amides is 1. The Morgan fingerprint density at radius 1 is 1.06 bits per heavy atom. The second-order valence-corrected chi connectivity index (χ2v) is 9.03. The van der Waals surface area contributed by atoms with Crippen molar-refractivity contribution in [3.8, 4) is 11.1 Å². The molecule has 182 valence electrons. The van der Waals surface area contributed by atoms with Gasteiger partial charge in [0.15, 0.2) is 6.10 Å². The van der Waals surface area contributed by atoms with Crippen molar-refractivity contribution >= 4 is 23.5 Å². The Hall–Kier alpha value is -3.30. The summed E-state index contributed by atoms with van der Waals surface area (Å²) in [5, 5.41) is 22.7. The van der Waals surface area contributed by atoms with Crippen LogP contribution < -0.4 is 16.2 Å². The number of halogens is 1. The van der Waals surface area contributed by atoms with Crippen molar-refractivity contribution in [3.05, 3.63) is 89.2 Å². The van der Waals surface area contributed by atoms with Crippen LogP contribution >= 0.6 is 11.6 Å². The molecule has 4 atom stereocenters. The molecule has 1 saturated heterocycles. The summed E-state index contributed by atoms with van der Waals surface area (Å²) in [5.74, 6) is -1.59. The number of hydrogen-bond donors (Lipinski definition) is 5. The van der Waals surface area contributed by atoms with Crippen molar-refractivity contribution in [1.82, 2.24) is 21.2 Å². The van der Waals surface area contributed by atoms with E-state index in [1.807, 2.05) is 66.7 Å². The second kappa shape index (κ2) is 11.4. The van der Waals surface area contributed by atoms with Gasteiger partial charge in [-0.2, -0.15) is 0 Å². The summed E-state index contributed by atoms with van der Waals surface area (Å²) in [6, 6.07) is 19.7. The van der Waals surface area contributed by atoms with E-state index < -0.39 is 24.2 Å². The maximum Gasteiger partial charge on any atom is 0.332 e. The molecule has 0 saturated carbocycles. The minimum absolute atomic E-state index is 0.110. The van der Waals surface area contributed by atoms with Gasteiger partial charge in [0.2, 0.25) is 5.91 Å². The first-order chi connectivity index (χ1) is 16.9. The van der Waals surface area contributed by atoms with Crippen molar-refractivity contribution in [2.45, 2.75) is 43.5 Å². The minimum atomic E-state index is -1.58. The van der Waals surface area contributed by atoms with Gasteiger partial charge < -0.3 is 15.5 Å². The summed E-state index contributed by atoms with van der Waals surface area (Å²) in [4.78, 5) is 28.5. The molecule has 0 bridgehead atoms. The molecular formula is C26H27ClN4O4. The third-order valence-electron chi connectivity index (χ3n) is 6.00. The van der Waals surface area contributed by atoms with Gasteiger partial charge in [0, 0.05) is 23.7 Å². The van der Waals surface area contributed by atoms with Gasteiger partial charge in [-0.1, -0.05) is 54.1 Å². The number of carbonyl (C=O) groups is 2. The Morgan fingerprint density at radius 2 is 1.86 bits per heavy atom. The Morgan fingerprint density at radius 3 is 2.54 bits per heavy atom. The summed E-state index contributed by atoms with van der Waals surface area (Å²) < 4.78 is 0. The largest absolute Gasteiger partial charge is 0.479 e. The molecule has 0 spiro atoms. The lowest BCUT2D eigenvalue weighted by Gasteiger charge is -2.22. The normalized spacial score (nSPS) is 19.1. The number of aliphatic carboxylic acids is 1. The highest BCUT2D eigenvalue weighted by atomic mass is 35.5. The van der Waals surface area contributed by atoms with Crippen LogP contribution in [-0.2, 0) is 16.0 Å². The number of nitrogens with zero attached hydrogens (tertiary/aromatic N) is 1. The maximum atomic E-state index is 13.0. The fraction of sp³-hybridized carbons (Fsp3) is 0.269. The summed E-state index contributed by atoms with van der Waals surface area (Å²) in [6.07, 6.45) is 0.870. The van der Waals surface area contributed by atoms with Gasteiger partial charge in [-0.25, -0.2) is 15.6 Å². The van der Waals surface area contributed by atoms with Gasteiger partial charge in [-0.3, -0.25) is 9.78 Å².